The van der Waals surface area contributed by atoms with Crippen LogP contribution in [0.1, 0.15) is 11.3 Å². The zero-order valence-corrected chi connectivity index (χ0v) is 17.1. The molecule has 8 heteroatoms. The Morgan fingerprint density at radius 3 is 2.43 bits per heavy atom. The van der Waals surface area contributed by atoms with Crippen LogP contribution in [0.3, 0.4) is 0 Å². The third-order valence-electron chi connectivity index (χ3n) is 4.26. The van der Waals surface area contributed by atoms with Crippen molar-refractivity contribution in [2.75, 3.05) is 0 Å². The van der Waals surface area contributed by atoms with E-state index in [4.69, 9.17) is 5.26 Å². The van der Waals surface area contributed by atoms with Crippen LogP contribution in [0.2, 0.25) is 0 Å². The minimum absolute atomic E-state index is 0. The van der Waals surface area contributed by atoms with E-state index < -0.39 is 11.6 Å². The van der Waals surface area contributed by atoms with Gasteiger partial charge in [-0.2, -0.15) is 14.9 Å². The molecule has 0 amide bonds. The normalized spacial score (nSPS) is 10.5. The standard InChI is InChI=1S/C20H12F2N4O.Na/c1-11-19(15-7-6-14(21)8-16(15)22)20-24-17(9-18(27)26(20)25-11)13-4-2-12(10-23)3-5-13;/h2-9,27H,1H3;. The molecule has 0 spiro atoms. The average Bonchev–Trinajstić information content (AvgIpc) is 2.98. The summed E-state index contributed by atoms with van der Waals surface area (Å²) in [5, 5.41) is 23.5. The number of rotatable bonds is 2. The fraction of sp³-hybridized carbons (Fsp3) is 0.0500. The van der Waals surface area contributed by atoms with Crippen molar-refractivity contribution in [1.29, 1.82) is 5.26 Å². The predicted octanol–water partition coefficient (Wildman–Crippen LogP) is 3.85. The zero-order chi connectivity index (χ0) is 19.1. The van der Waals surface area contributed by atoms with E-state index in [0.29, 0.717) is 28.1 Å². The number of hydrogen-bond donors (Lipinski definition) is 1. The maximum Gasteiger partial charge on any atom is 0.216 e. The number of benzene rings is 2. The molecule has 0 aliphatic carbocycles. The maximum absolute atomic E-state index is 14.3. The molecule has 0 saturated carbocycles. The fourth-order valence-corrected chi connectivity index (χ4v) is 2.98. The summed E-state index contributed by atoms with van der Waals surface area (Å²) in [4.78, 5) is 4.52. The smallest absolute Gasteiger partial charge is 0.216 e. The Hall–Kier alpha value is -2.79. The largest absolute Gasteiger partial charge is 0.493 e. The molecule has 0 aliphatic rings. The molecule has 0 unspecified atom stereocenters. The van der Waals surface area contributed by atoms with Crippen molar-refractivity contribution in [1.82, 2.24) is 14.6 Å². The van der Waals surface area contributed by atoms with E-state index in [1.807, 2.05) is 6.07 Å². The molecule has 0 fully saturated rings. The van der Waals surface area contributed by atoms with Gasteiger partial charge in [0.25, 0.3) is 0 Å². The summed E-state index contributed by atoms with van der Waals surface area (Å²) in [6, 6.07) is 13.4. The zero-order valence-electron chi connectivity index (χ0n) is 15.1. The van der Waals surface area contributed by atoms with Gasteiger partial charge in [0.05, 0.1) is 28.6 Å². The number of aromatic nitrogens is 3. The second-order valence-corrected chi connectivity index (χ2v) is 6.01. The fourth-order valence-electron chi connectivity index (χ4n) is 2.98. The van der Waals surface area contributed by atoms with Gasteiger partial charge in [-0.25, -0.2) is 13.8 Å². The topological polar surface area (TPSA) is 74.2 Å². The first-order valence-corrected chi connectivity index (χ1v) is 8.03. The number of hydrogen-bond acceptors (Lipinski definition) is 4. The van der Waals surface area contributed by atoms with Crippen molar-refractivity contribution < 1.29 is 13.9 Å². The van der Waals surface area contributed by atoms with E-state index in [1.165, 1.54) is 16.6 Å². The minimum atomic E-state index is -0.738. The summed E-state index contributed by atoms with van der Waals surface area (Å²) in [6.07, 6.45) is 0. The van der Waals surface area contributed by atoms with E-state index in [0.717, 1.165) is 12.1 Å². The van der Waals surface area contributed by atoms with Gasteiger partial charge >= 0.3 is 0 Å². The second-order valence-electron chi connectivity index (χ2n) is 6.01. The van der Waals surface area contributed by atoms with E-state index in [1.54, 1.807) is 31.2 Å². The van der Waals surface area contributed by atoms with Crippen LogP contribution in [0.5, 0.6) is 5.88 Å². The Morgan fingerprint density at radius 1 is 1.07 bits per heavy atom. The van der Waals surface area contributed by atoms with Crippen LogP contribution in [0, 0.1) is 29.9 Å². The first-order valence-electron chi connectivity index (χ1n) is 8.03. The SMILES string of the molecule is Cc1nn2c(O)cc(-c3ccc(C#N)cc3)nc2c1-c1ccc(F)cc1F.[Na]. The van der Waals surface area contributed by atoms with Gasteiger partial charge in [-0.15, -0.1) is 0 Å². The van der Waals surface area contributed by atoms with Gasteiger partial charge in [0.15, 0.2) is 5.65 Å². The monoisotopic (exact) mass is 385 g/mol. The van der Waals surface area contributed by atoms with Gasteiger partial charge in [0.1, 0.15) is 11.6 Å². The van der Waals surface area contributed by atoms with Crippen molar-refractivity contribution >= 4 is 35.2 Å². The molecule has 0 bridgehead atoms. The molecule has 28 heavy (non-hydrogen) atoms. The molecule has 2 aromatic heterocycles. The summed E-state index contributed by atoms with van der Waals surface area (Å²) >= 11 is 0. The summed E-state index contributed by atoms with van der Waals surface area (Å²) in [5.74, 6) is -1.59. The number of aromatic hydroxyl groups is 1. The van der Waals surface area contributed by atoms with E-state index in [2.05, 4.69) is 10.1 Å². The molecule has 0 saturated heterocycles. The van der Waals surface area contributed by atoms with Crippen LogP contribution in [-0.4, -0.2) is 49.3 Å². The summed E-state index contributed by atoms with van der Waals surface area (Å²) in [6.45, 7) is 1.66. The summed E-state index contributed by atoms with van der Waals surface area (Å²) < 4.78 is 28.8. The van der Waals surface area contributed by atoms with Gasteiger partial charge in [0, 0.05) is 52.8 Å². The first kappa shape index (κ1) is 20.0. The first-order chi connectivity index (χ1) is 13.0. The average molecular weight is 385 g/mol. The molecule has 0 aliphatic heterocycles. The van der Waals surface area contributed by atoms with E-state index >= 15 is 0 Å². The molecule has 2 aromatic carbocycles. The Balaban J connectivity index is 0.00000225. The molecule has 0 atom stereocenters. The maximum atomic E-state index is 14.3. The van der Waals surface area contributed by atoms with Crippen molar-refractivity contribution in [2.24, 2.45) is 0 Å². The Bertz CT molecular complexity index is 1230. The van der Waals surface area contributed by atoms with Crippen LogP contribution in [0.25, 0.3) is 28.0 Å². The second kappa shape index (κ2) is 7.68. The summed E-state index contributed by atoms with van der Waals surface area (Å²) in [5.41, 5.74) is 2.83. The third-order valence-corrected chi connectivity index (χ3v) is 4.26. The number of aryl methyl sites for hydroxylation is 1. The van der Waals surface area contributed by atoms with Crippen LogP contribution in [-0.2, 0) is 0 Å². The van der Waals surface area contributed by atoms with E-state index in [-0.39, 0.29) is 46.6 Å². The van der Waals surface area contributed by atoms with Crippen LogP contribution in [0.15, 0.2) is 48.5 Å². The molecule has 5 nitrogen and oxygen atoms in total. The molecule has 1 N–H and O–H groups in total. The number of fused-ring (bicyclic) bond motifs is 1. The number of halogens is 2. The van der Waals surface area contributed by atoms with Crippen LogP contribution < -0.4 is 0 Å². The quantitative estimate of drug-likeness (QED) is 0.532. The van der Waals surface area contributed by atoms with Gasteiger partial charge in [-0.3, -0.25) is 0 Å². The number of nitrogens with zero attached hydrogens (tertiary/aromatic N) is 4. The van der Waals surface area contributed by atoms with Gasteiger partial charge in [-0.1, -0.05) is 12.1 Å². The molecule has 133 valence electrons. The van der Waals surface area contributed by atoms with Gasteiger partial charge in [0.2, 0.25) is 5.88 Å². The van der Waals surface area contributed by atoms with Crippen molar-refractivity contribution in [2.45, 2.75) is 6.92 Å². The van der Waals surface area contributed by atoms with Crippen molar-refractivity contribution in [3.05, 3.63) is 71.4 Å². The van der Waals surface area contributed by atoms with Crippen molar-refractivity contribution in [3.63, 3.8) is 0 Å². The van der Waals surface area contributed by atoms with E-state index in [9.17, 15) is 13.9 Å². The molecular formula is C20H12F2N4NaO. The summed E-state index contributed by atoms with van der Waals surface area (Å²) in [7, 11) is 0. The molecule has 4 rings (SSSR count). The third kappa shape index (κ3) is 3.38. The van der Waals surface area contributed by atoms with Gasteiger partial charge < -0.3 is 5.11 Å². The Morgan fingerprint density at radius 2 is 1.79 bits per heavy atom. The Labute approximate surface area is 181 Å². The van der Waals surface area contributed by atoms with Crippen LogP contribution >= 0.6 is 0 Å². The molecule has 1 radical (unpaired) electrons. The van der Waals surface area contributed by atoms with Crippen molar-refractivity contribution in [3.8, 4) is 34.3 Å². The number of nitriles is 1. The molecule has 2 heterocycles. The molecule has 4 aromatic rings. The minimum Gasteiger partial charge on any atom is -0.493 e. The predicted molar refractivity (Wildman–Crippen MR) is 101 cm³/mol. The Kier molecular flexibility index (Phi) is 5.47. The molecular weight excluding hydrogens is 373 g/mol. The van der Waals surface area contributed by atoms with Crippen LogP contribution in [0.4, 0.5) is 8.78 Å². The van der Waals surface area contributed by atoms with Gasteiger partial charge in [-0.05, 0) is 31.2 Å².